The third-order valence-electron chi connectivity index (χ3n) is 4.05. The van der Waals surface area contributed by atoms with Crippen LogP contribution in [0.2, 0.25) is 0 Å². The first kappa shape index (κ1) is 20.5. The molecule has 2 N–H and O–H groups in total. The molecule has 1 heterocycles. The van der Waals surface area contributed by atoms with Crippen LogP contribution in [-0.2, 0) is 10.0 Å². The quantitative estimate of drug-likeness (QED) is 0.549. The van der Waals surface area contributed by atoms with Gasteiger partial charge in [-0.05, 0) is 55.5 Å². The van der Waals surface area contributed by atoms with Crippen molar-refractivity contribution in [3.8, 4) is 11.8 Å². The Labute approximate surface area is 168 Å². The second-order valence-electron chi connectivity index (χ2n) is 6.06. The zero-order valence-electron chi connectivity index (χ0n) is 15.6. The van der Waals surface area contributed by atoms with E-state index < -0.39 is 15.8 Å². The number of hydrogen-bond donors (Lipinski definition) is 2. The molecule has 7 nitrogen and oxygen atoms in total. The predicted octanol–water partition coefficient (Wildman–Crippen LogP) is 3.03. The van der Waals surface area contributed by atoms with E-state index in [4.69, 9.17) is 4.74 Å². The summed E-state index contributed by atoms with van der Waals surface area (Å²) in [5.41, 5.74) is 1.02. The summed E-state index contributed by atoms with van der Waals surface area (Å²) in [6, 6.07) is 13.8. The van der Waals surface area contributed by atoms with Gasteiger partial charge < -0.3 is 10.1 Å². The van der Waals surface area contributed by atoms with Crippen LogP contribution in [0.4, 0.5) is 10.2 Å². The van der Waals surface area contributed by atoms with E-state index in [1.165, 1.54) is 12.1 Å². The van der Waals surface area contributed by atoms with Crippen molar-refractivity contribution in [1.82, 2.24) is 9.71 Å². The second-order valence-corrected chi connectivity index (χ2v) is 7.83. The molecule has 0 amide bonds. The van der Waals surface area contributed by atoms with Crippen LogP contribution in [0.25, 0.3) is 10.9 Å². The molecule has 9 heteroatoms. The third-order valence-corrected chi connectivity index (χ3v) is 5.53. The Morgan fingerprint density at radius 2 is 1.90 bits per heavy atom. The average molecular weight is 414 g/mol. The van der Waals surface area contributed by atoms with Gasteiger partial charge in [-0.2, -0.15) is 5.26 Å². The van der Waals surface area contributed by atoms with Crippen LogP contribution in [0.1, 0.15) is 12.5 Å². The smallest absolute Gasteiger partial charge is 0.240 e. The number of benzene rings is 2. The van der Waals surface area contributed by atoms with Gasteiger partial charge in [-0.1, -0.05) is 0 Å². The summed E-state index contributed by atoms with van der Waals surface area (Å²) in [6.07, 6.45) is 0. The van der Waals surface area contributed by atoms with Crippen molar-refractivity contribution < 1.29 is 17.5 Å². The molecule has 0 fully saturated rings. The number of aromatic nitrogens is 1. The van der Waals surface area contributed by atoms with E-state index in [0.717, 1.165) is 17.5 Å². The van der Waals surface area contributed by atoms with Crippen LogP contribution in [-0.4, -0.2) is 33.1 Å². The lowest BCUT2D eigenvalue weighted by atomic mass is 10.1. The highest BCUT2D eigenvalue weighted by Gasteiger charge is 2.13. The summed E-state index contributed by atoms with van der Waals surface area (Å²) in [7, 11) is -3.75. The number of halogens is 1. The lowest BCUT2D eigenvalue weighted by molar-refractivity contribution is 0.340. The first-order chi connectivity index (χ1) is 13.9. The molecule has 0 bridgehead atoms. The Kier molecular flexibility index (Phi) is 6.26. The maximum absolute atomic E-state index is 12.9. The number of nitrogens with zero attached hydrogens (tertiary/aromatic N) is 2. The molecule has 0 unspecified atom stereocenters. The summed E-state index contributed by atoms with van der Waals surface area (Å²) >= 11 is 0. The van der Waals surface area contributed by atoms with Crippen LogP contribution in [0.15, 0.2) is 53.4 Å². The van der Waals surface area contributed by atoms with Crippen LogP contribution in [0.3, 0.4) is 0 Å². The van der Waals surface area contributed by atoms with Crippen molar-refractivity contribution in [2.75, 3.05) is 25.0 Å². The van der Waals surface area contributed by atoms with E-state index in [1.54, 1.807) is 18.2 Å². The van der Waals surface area contributed by atoms with Crippen molar-refractivity contribution in [2.45, 2.75) is 11.8 Å². The number of fused-ring (bicyclic) bond motifs is 1. The fraction of sp³-hybridized carbons (Fsp3) is 0.200. The van der Waals surface area contributed by atoms with Gasteiger partial charge in [0.05, 0.1) is 22.6 Å². The minimum atomic E-state index is -3.75. The number of ether oxygens (including phenoxy) is 1. The molecular formula is C20H19FN4O3S. The maximum atomic E-state index is 12.9. The van der Waals surface area contributed by atoms with Gasteiger partial charge >= 0.3 is 0 Å². The number of hydrogen-bond acceptors (Lipinski definition) is 6. The summed E-state index contributed by atoms with van der Waals surface area (Å²) < 4.78 is 45.2. The van der Waals surface area contributed by atoms with Crippen LogP contribution >= 0.6 is 0 Å². The summed E-state index contributed by atoms with van der Waals surface area (Å²) in [4.78, 5) is 4.42. The van der Waals surface area contributed by atoms with Crippen LogP contribution in [0.5, 0.6) is 5.75 Å². The minimum Gasteiger partial charge on any atom is -0.494 e. The van der Waals surface area contributed by atoms with Crippen molar-refractivity contribution >= 4 is 26.7 Å². The highest BCUT2D eigenvalue weighted by Crippen LogP contribution is 2.24. The van der Waals surface area contributed by atoms with E-state index in [0.29, 0.717) is 29.3 Å². The number of nitrogens with one attached hydrogen (secondary N) is 2. The van der Waals surface area contributed by atoms with Gasteiger partial charge in [0.2, 0.25) is 10.0 Å². The Balaban J connectivity index is 1.67. The molecule has 0 spiro atoms. The SMILES string of the molecule is CCOc1ccc2nc(NCCNS(=O)(=O)c3ccc(F)cc3)c(C#N)cc2c1. The average Bonchev–Trinajstić information content (AvgIpc) is 2.71. The van der Waals surface area contributed by atoms with Crippen molar-refractivity contribution in [2.24, 2.45) is 0 Å². The van der Waals surface area contributed by atoms with Gasteiger partial charge in [-0.3, -0.25) is 0 Å². The number of sulfonamides is 1. The van der Waals surface area contributed by atoms with E-state index in [9.17, 15) is 18.1 Å². The van der Waals surface area contributed by atoms with Gasteiger partial charge in [-0.25, -0.2) is 22.5 Å². The van der Waals surface area contributed by atoms with Gasteiger partial charge in [0.15, 0.2) is 0 Å². The molecule has 0 radical (unpaired) electrons. The van der Waals surface area contributed by atoms with E-state index in [2.05, 4.69) is 21.1 Å². The number of anilines is 1. The van der Waals surface area contributed by atoms with Gasteiger partial charge in [-0.15, -0.1) is 0 Å². The Bertz CT molecular complexity index is 1160. The standard InChI is InChI=1S/C20H19FN4O3S/c1-2-28-17-5-8-19-14(12-17)11-15(13-22)20(25-19)23-9-10-24-29(26,27)18-6-3-16(21)4-7-18/h3-8,11-12,24H,2,9-10H2,1H3,(H,23,25). The molecular weight excluding hydrogens is 395 g/mol. The molecule has 3 rings (SSSR count). The monoisotopic (exact) mass is 414 g/mol. The predicted molar refractivity (Wildman–Crippen MR) is 108 cm³/mol. The highest BCUT2D eigenvalue weighted by atomic mass is 32.2. The topological polar surface area (TPSA) is 104 Å². The first-order valence-electron chi connectivity index (χ1n) is 8.90. The molecule has 1 aromatic heterocycles. The van der Waals surface area contributed by atoms with Crippen LogP contribution < -0.4 is 14.8 Å². The zero-order chi connectivity index (χ0) is 20.9. The largest absolute Gasteiger partial charge is 0.494 e. The fourth-order valence-corrected chi connectivity index (χ4v) is 3.73. The van der Waals surface area contributed by atoms with Crippen molar-refractivity contribution in [3.05, 3.63) is 59.9 Å². The van der Waals surface area contributed by atoms with Gasteiger partial charge in [0.1, 0.15) is 23.5 Å². The third kappa shape index (κ3) is 4.99. The lowest BCUT2D eigenvalue weighted by Crippen LogP contribution is -2.29. The number of nitriles is 1. The molecule has 3 aromatic rings. The number of rotatable bonds is 8. The molecule has 0 aliphatic carbocycles. The Morgan fingerprint density at radius 3 is 2.59 bits per heavy atom. The van der Waals surface area contributed by atoms with Gasteiger partial charge in [0, 0.05) is 18.5 Å². The first-order valence-corrected chi connectivity index (χ1v) is 10.4. The number of pyridine rings is 1. The normalized spacial score (nSPS) is 11.2. The maximum Gasteiger partial charge on any atom is 0.240 e. The summed E-state index contributed by atoms with van der Waals surface area (Å²) in [6.45, 7) is 2.70. The summed E-state index contributed by atoms with van der Waals surface area (Å²) in [5.74, 6) is 0.553. The van der Waals surface area contributed by atoms with Crippen molar-refractivity contribution in [1.29, 1.82) is 5.26 Å². The molecule has 0 aliphatic rings. The Morgan fingerprint density at radius 1 is 1.14 bits per heavy atom. The zero-order valence-corrected chi connectivity index (χ0v) is 16.5. The van der Waals surface area contributed by atoms with E-state index in [-0.39, 0.29) is 18.0 Å². The summed E-state index contributed by atoms with van der Waals surface area (Å²) in [5, 5.41) is 13.2. The molecule has 29 heavy (non-hydrogen) atoms. The van der Waals surface area contributed by atoms with E-state index >= 15 is 0 Å². The molecule has 0 saturated carbocycles. The second kappa shape index (κ2) is 8.86. The molecule has 0 aliphatic heterocycles. The van der Waals surface area contributed by atoms with Gasteiger partial charge in [0.25, 0.3) is 0 Å². The minimum absolute atomic E-state index is 0.0226. The Hall–Kier alpha value is -3.22. The van der Waals surface area contributed by atoms with Crippen LogP contribution in [0, 0.1) is 17.1 Å². The van der Waals surface area contributed by atoms with Crippen molar-refractivity contribution in [3.63, 3.8) is 0 Å². The molecule has 0 saturated heterocycles. The lowest BCUT2D eigenvalue weighted by Gasteiger charge is -2.11. The molecule has 0 atom stereocenters. The molecule has 150 valence electrons. The highest BCUT2D eigenvalue weighted by molar-refractivity contribution is 7.89. The fourth-order valence-electron chi connectivity index (χ4n) is 2.69. The molecule has 2 aromatic carbocycles. The van der Waals surface area contributed by atoms with E-state index in [1.807, 2.05) is 13.0 Å².